The van der Waals surface area contributed by atoms with Gasteiger partial charge < -0.3 is 9.47 Å². The summed E-state index contributed by atoms with van der Waals surface area (Å²) in [5.74, 6) is 0.743. The summed E-state index contributed by atoms with van der Waals surface area (Å²) < 4.78 is 25.1. The Labute approximate surface area is 132 Å². The number of hydrogen-bond donors (Lipinski definition) is 0. The molecule has 0 fully saturated rings. The molecule has 0 spiro atoms. The highest BCUT2D eigenvalue weighted by atomic mass is 35.5. The van der Waals surface area contributed by atoms with Crippen LogP contribution in [0.2, 0.25) is 5.02 Å². The third kappa shape index (κ3) is 2.94. The SMILES string of the molecule is Fc1cccc(CCl)c1OCc1cc(Cl)cc2c1OCC2. The second kappa shape index (κ2) is 6.12. The van der Waals surface area contributed by atoms with E-state index in [1.165, 1.54) is 6.07 Å². The summed E-state index contributed by atoms with van der Waals surface area (Å²) >= 11 is 11.9. The first-order chi connectivity index (χ1) is 10.2. The summed E-state index contributed by atoms with van der Waals surface area (Å²) in [5.41, 5.74) is 2.50. The molecule has 5 heteroatoms. The molecule has 0 N–H and O–H groups in total. The van der Waals surface area contributed by atoms with Gasteiger partial charge in [-0.1, -0.05) is 23.7 Å². The van der Waals surface area contributed by atoms with Gasteiger partial charge in [-0.15, -0.1) is 11.6 Å². The third-order valence-corrected chi connectivity index (χ3v) is 3.90. The molecule has 0 saturated heterocycles. The first-order valence-electron chi connectivity index (χ1n) is 6.59. The Kier molecular flexibility index (Phi) is 4.22. The van der Waals surface area contributed by atoms with Gasteiger partial charge in [0, 0.05) is 22.6 Å². The Hall–Kier alpha value is -1.45. The molecule has 1 heterocycles. The van der Waals surface area contributed by atoms with Gasteiger partial charge in [-0.2, -0.15) is 0 Å². The van der Waals surface area contributed by atoms with Crippen LogP contribution in [0.1, 0.15) is 16.7 Å². The van der Waals surface area contributed by atoms with Crippen LogP contribution in [0.15, 0.2) is 30.3 Å². The quantitative estimate of drug-likeness (QED) is 0.756. The number of ether oxygens (including phenoxy) is 2. The van der Waals surface area contributed by atoms with Crippen molar-refractivity contribution in [2.75, 3.05) is 6.61 Å². The smallest absolute Gasteiger partial charge is 0.165 e. The van der Waals surface area contributed by atoms with Crippen molar-refractivity contribution in [3.05, 3.63) is 57.9 Å². The van der Waals surface area contributed by atoms with E-state index < -0.39 is 5.82 Å². The van der Waals surface area contributed by atoms with Crippen molar-refractivity contribution >= 4 is 23.2 Å². The summed E-state index contributed by atoms with van der Waals surface area (Å²) in [6.45, 7) is 0.822. The maximum atomic E-state index is 13.9. The zero-order valence-corrected chi connectivity index (χ0v) is 12.7. The fourth-order valence-corrected chi connectivity index (χ4v) is 2.90. The fraction of sp³-hybridized carbons (Fsp3) is 0.250. The normalized spacial score (nSPS) is 12.9. The Balaban J connectivity index is 1.86. The Bertz CT molecular complexity index is 674. The van der Waals surface area contributed by atoms with E-state index in [1.54, 1.807) is 18.2 Å². The first kappa shape index (κ1) is 14.5. The van der Waals surface area contributed by atoms with E-state index in [1.807, 2.05) is 6.07 Å². The topological polar surface area (TPSA) is 18.5 Å². The lowest BCUT2D eigenvalue weighted by Gasteiger charge is -2.13. The molecule has 2 aromatic carbocycles. The van der Waals surface area contributed by atoms with Gasteiger partial charge in [-0.25, -0.2) is 4.39 Å². The monoisotopic (exact) mass is 326 g/mol. The molecule has 0 aliphatic carbocycles. The van der Waals surface area contributed by atoms with E-state index in [2.05, 4.69) is 0 Å². The molecule has 0 saturated carbocycles. The average Bonchev–Trinajstić information content (AvgIpc) is 2.93. The maximum Gasteiger partial charge on any atom is 0.165 e. The zero-order chi connectivity index (χ0) is 14.8. The van der Waals surface area contributed by atoms with Crippen LogP contribution < -0.4 is 9.47 Å². The van der Waals surface area contributed by atoms with Crippen molar-refractivity contribution in [1.82, 2.24) is 0 Å². The minimum Gasteiger partial charge on any atom is -0.493 e. The van der Waals surface area contributed by atoms with Gasteiger partial charge in [0.2, 0.25) is 0 Å². The maximum absolute atomic E-state index is 13.9. The predicted octanol–water partition coefficient (Wildman–Crippen LogP) is 4.73. The minimum absolute atomic E-state index is 0.180. The lowest BCUT2D eigenvalue weighted by molar-refractivity contribution is 0.277. The molecule has 0 bridgehead atoms. The van der Waals surface area contributed by atoms with Crippen LogP contribution in [0, 0.1) is 5.82 Å². The number of halogens is 3. The van der Waals surface area contributed by atoms with Gasteiger partial charge in [-0.3, -0.25) is 0 Å². The van der Waals surface area contributed by atoms with Crippen molar-refractivity contribution in [2.45, 2.75) is 18.9 Å². The Morgan fingerprint density at radius 3 is 2.90 bits per heavy atom. The van der Waals surface area contributed by atoms with Crippen LogP contribution in [0.25, 0.3) is 0 Å². The zero-order valence-electron chi connectivity index (χ0n) is 11.2. The highest BCUT2D eigenvalue weighted by Gasteiger charge is 2.19. The lowest BCUT2D eigenvalue weighted by Crippen LogP contribution is -2.02. The molecule has 0 unspecified atom stereocenters. The minimum atomic E-state index is -0.423. The first-order valence-corrected chi connectivity index (χ1v) is 7.50. The molecule has 0 aromatic heterocycles. The van der Waals surface area contributed by atoms with Crippen LogP contribution >= 0.6 is 23.2 Å². The summed E-state index contributed by atoms with van der Waals surface area (Å²) in [5, 5.41) is 0.629. The molecule has 2 nitrogen and oxygen atoms in total. The van der Waals surface area contributed by atoms with Gasteiger partial charge in [0.15, 0.2) is 11.6 Å². The van der Waals surface area contributed by atoms with Crippen LogP contribution in [0.4, 0.5) is 4.39 Å². The summed E-state index contributed by atoms with van der Waals surface area (Å²) in [4.78, 5) is 0. The number of para-hydroxylation sites is 1. The third-order valence-electron chi connectivity index (χ3n) is 3.39. The number of rotatable bonds is 4. The molecule has 0 atom stereocenters. The van der Waals surface area contributed by atoms with Crippen LogP contribution in [0.5, 0.6) is 11.5 Å². The second-order valence-electron chi connectivity index (χ2n) is 4.80. The number of benzene rings is 2. The highest BCUT2D eigenvalue weighted by Crippen LogP contribution is 2.34. The fourth-order valence-electron chi connectivity index (χ4n) is 2.42. The molecule has 0 amide bonds. The second-order valence-corrected chi connectivity index (χ2v) is 5.51. The summed E-state index contributed by atoms with van der Waals surface area (Å²) in [6, 6.07) is 8.38. The summed E-state index contributed by atoms with van der Waals surface area (Å²) in [7, 11) is 0. The molecule has 21 heavy (non-hydrogen) atoms. The molecule has 3 rings (SSSR count). The van der Waals surface area contributed by atoms with Gasteiger partial charge in [-0.05, 0) is 23.8 Å². The number of fused-ring (bicyclic) bond motifs is 1. The Morgan fingerprint density at radius 2 is 2.10 bits per heavy atom. The van der Waals surface area contributed by atoms with Gasteiger partial charge >= 0.3 is 0 Å². The predicted molar refractivity (Wildman–Crippen MR) is 80.9 cm³/mol. The molecular formula is C16H13Cl2FO2. The van der Waals surface area contributed by atoms with Crippen LogP contribution in [-0.4, -0.2) is 6.61 Å². The van der Waals surface area contributed by atoms with Crippen LogP contribution in [0.3, 0.4) is 0 Å². The van der Waals surface area contributed by atoms with Gasteiger partial charge in [0.25, 0.3) is 0 Å². The summed E-state index contributed by atoms with van der Waals surface area (Å²) in [6.07, 6.45) is 0.829. The average molecular weight is 327 g/mol. The highest BCUT2D eigenvalue weighted by molar-refractivity contribution is 6.30. The number of hydrogen-bond acceptors (Lipinski definition) is 2. The van der Waals surface area contributed by atoms with E-state index in [-0.39, 0.29) is 18.2 Å². The lowest BCUT2D eigenvalue weighted by atomic mass is 10.1. The van der Waals surface area contributed by atoms with E-state index in [0.717, 1.165) is 23.3 Å². The van der Waals surface area contributed by atoms with E-state index in [9.17, 15) is 4.39 Å². The van der Waals surface area contributed by atoms with E-state index in [4.69, 9.17) is 32.7 Å². The molecule has 1 aliphatic heterocycles. The van der Waals surface area contributed by atoms with Gasteiger partial charge in [0.1, 0.15) is 12.4 Å². The molecule has 110 valence electrons. The van der Waals surface area contributed by atoms with Crippen molar-refractivity contribution in [2.24, 2.45) is 0 Å². The molecule has 2 aromatic rings. The molecular weight excluding hydrogens is 314 g/mol. The van der Waals surface area contributed by atoms with Gasteiger partial charge in [0.05, 0.1) is 12.5 Å². The van der Waals surface area contributed by atoms with E-state index >= 15 is 0 Å². The Morgan fingerprint density at radius 1 is 1.24 bits per heavy atom. The largest absolute Gasteiger partial charge is 0.493 e. The standard InChI is InChI=1S/C16H13Cl2FO2/c17-8-11-2-1-3-14(19)16(11)21-9-12-7-13(18)6-10-4-5-20-15(10)12/h1-3,6-7H,4-5,8-9H2. The van der Waals surface area contributed by atoms with Crippen molar-refractivity contribution in [1.29, 1.82) is 0 Å². The molecule has 0 radical (unpaired) electrons. The molecule has 1 aliphatic rings. The van der Waals surface area contributed by atoms with Crippen molar-refractivity contribution < 1.29 is 13.9 Å². The number of alkyl halides is 1. The van der Waals surface area contributed by atoms with Crippen molar-refractivity contribution in [3.8, 4) is 11.5 Å². The van der Waals surface area contributed by atoms with Crippen molar-refractivity contribution in [3.63, 3.8) is 0 Å². The van der Waals surface area contributed by atoms with Crippen LogP contribution in [-0.2, 0) is 18.9 Å². The van der Waals surface area contributed by atoms with E-state index in [0.29, 0.717) is 17.2 Å².